The topological polar surface area (TPSA) is 49.3 Å². The number of amides is 1. The number of alkyl halides is 3. The van der Waals surface area contributed by atoms with E-state index in [2.05, 4.69) is 5.32 Å². The molecule has 1 amide bonds. The Bertz CT molecular complexity index is 387. The smallest absolute Gasteiger partial charge is 0.416 e. The summed E-state index contributed by atoms with van der Waals surface area (Å²) < 4.78 is 36.8. The first-order chi connectivity index (χ1) is 6.86. The van der Waals surface area contributed by atoms with Gasteiger partial charge in [0.2, 0.25) is 0 Å². The van der Waals surface area contributed by atoms with Crippen LogP contribution < -0.4 is 5.32 Å². The molecule has 0 unspecified atom stereocenters. The van der Waals surface area contributed by atoms with Crippen LogP contribution in [0.25, 0.3) is 0 Å². The van der Waals surface area contributed by atoms with E-state index < -0.39 is 29.0 Å². The summed E-state index contributed by atoms with van der Waals surface area (Å²) >= 11 is 0. The zero-order valence-corrected chi connectivity index (χ0v) is 7.72. The standard InChI is InChI=1S/C9H8F3NO2/c1-13-8(15)6-4-5(9(10,11)12)2-3-7(6)14/h2-4,14H,1H3,(H,13,15). The van der Waals surface area contributed by atoms with Crippen molar-refractivity contribution in [3.05, 3.63) is 29.3 Å². The average molecular weight is 219 g/mol. The summed E-state index contributed by atoms with van der Waals surface area (Å²) in [4.78, 5) is 11.1. The number of phenolic OH excluding ortho intramolecular Hbond substituents is 1. The van der Waals surface area contributed by atoms with Crippen molar-refractivity contribution in [3.63, 3.8) is 0 Å². The quantitative estimate of drug-likeness (QED) is 0.756. The van der Waals surface area contributed by atoms with Gasteiger partial charge < -0.3 is 10.4 Å². The zero-order chi connectivity index (χ0) is 11.6. The lowest BCUT2D eigenvalue weighted by Crippen LogP contribution is -2.19. The third-order valence-electron chi connectivity index (χ3n) is 1.80. The molecule has 0 atom stereocenters. The summed E-state index contributed by atoms with van der Waals surface area (Å²) in [5.74, 6) is -1.25. The van der Waals surface area contributed by atoms with Crippen LogP contribution in [0.3, 0.4) is 0 Å². The van der Waals surface area contributed by atoms with Gasteiger partial charge in [0.25, 0.3) is 5.91 Å². The summed E-state index contributed by atoms with van der Waals surface area (Å²) in [6.45, 7) is 0. The lowest BCUT2D eigenvalue weighted by molar-refractivity contribution is -0.137. The predicted molar refractivity (Wildman–Crippen MR) is 46.5 cm³/mol. The summed E-state index contributed by atoms with van der Waals surface area (Å²) in [5, 5.41) is 11.3. The van der Waals surface area contributed by atoms with Gasteiger partial charge in [-0.1, -0.05) is 0 Å². The third kappa shape index (κ3) is 2.39. The molecule has 1 rings (SSSR count). The number of phenols is 1. The number of carbonyl (C=O) groups is 1. The van der Waals surface area contributed by atoms with Crippen molar-refractivity contribution in [2.45, 2.75) is 6.18 Å². The average Bonchev–Trinajstić information content (AvgIpc) is 2.15. The maximum atomic E-state index is 12.3. The van der Waals surface area contributed by atoms with Crippen LogP contribution in [0.2, 0.25) is 0 Å². The van der Waals surface area contributed by atoms with Gasteiger partial charge in [0.1, 0.15) is 5.75 Å². The molecule has 1 aromatic rings. The van der Waals surface area contributed by atoms with Crippen molar-refractivity contribution in [3.8, 4) is 5.75 Å². The van der Waals surface area contributed by atoms with Crippen LogP contribution in [0.5, 0.6) is 5.75 Å². The van der Waals surface area contributed by atoms with E-state index in [4.69, 9.17) is 0 Å². The molecule has 82 valence electrons. The Balaban J connectivity index is 3.23. The molecule has 6 heteroatoms. The van der Waals surface area contributed by atoms with Gasteiger partial charge in [0.05, 0.1) is 11.1 Å². The molecule has 0 aromatic heterocycles. The molecule has 15 heavy (non-hydrogen) atoms. The maximum Gasteiger partial charge on any atom is 0.416 e. The van der Waals surface area contributed by atoms with Crippen LogP contribution in [0.1, 0.15) is 15.9 Å². The summed E-state index contributed by atoms with van der Waals surface area (Å²) in [6, 6.07) is 2.16. The first-order valence-corrected chi connectivity index (χ1v) is 3.98. The Hall–Kier alpha value is -1.72. The van der Waals surface area contributed by atoms with Crippen molar-refractivity contribution in [1.82, 2.24) is 5.32 Å². The fourth-order valence-electron chi connectivity index (χ4n) is 1.03. The molecular weight excluding hydrogens is 211 g/mol. The molecule has 0 spiro atoms. The number of rotatable bonds is 1. The first-order valence-electron chi connectivity index (χ1n) is 3.98. The lowest BCUT2D eigenvalue weighted by atomic mass is 10.1. The van der Waals surface area contributed by atoms with Crippen LogP contribution in [0.4, 0.5) is 13.2 Å². The number of hydrogen-bond donors (Lipinski definition) is 2. The lowest BCUT2D eigenvalue weighted by Gasteiger charge is -2.09. The fraction of sp³-hybridized carbons (Fsp3) is 0.222. The number of benzene rings is 1. The molecule has 0 aliphatic rings. The van der Waals surface area contributed by atoms with Gasteiger partial charge in [-0.15, -0.1) is 0 Å². The van der Waals surface area contributed by atoms with Gasteiger partial charge in [0, 0.05) is 7.05 Å². The van der Waals surface area contributed by atoms with Crippen LogP contribution in [-0.4, -0.2) is 18.1 Å². The Morgan fingerprint density at radius 1 is 1.40 bits per heavy atom. The highest BCUT2D eigenvalue weighted by molar-refractivity contribution is 5.96. The molecule has 0 aliphatic heterocycles. The molecule has 0 heterocycles. The molecule has 2 N–H and O–H groups in total. The van der Waals surface area contributed by atoms with Crippen molar-refractivity contribution in [1.29, 1.82) is 0 Å². The van der Waals surface area contributed by atoms with Gasteiger partial charge >= 0.3 is 6.18 Å². The zero-order valence-electron chi connectivity index (χ0n) is 7.72. The van der Waals surface area contributed by atoms with Crippen LogP contribution in [0, 0.1) is 0 Å². The molecule has 1 aromatic carbocycles. The Labute approximate surface area is 83.5 Å². The van der Waals surface area contributed by atoms with Crippen molar-refractivity contribution in [2.24, 2.45) is 0 Å². The monoisotopic (exact) mass is 219 g/mol. The number of carbonyl (C=O) groups excluding carboxylic acids is 1. The molecular formula is C9H8F3NO2. The van der Waals surface area contributed by atoms with E-state index in [0.29, 0.717) is 12.1 Å². The number of hydrogen-bond acceptors (Lipinski definition) is 2. The van der Waals surface area contributed by atoms with Gasteiger partial charge in [-0.2, -0.15) is 13.2 Å². The normalized spacial score (nSPS) is 11.2. The highest BCUT2D eigenvalue weighted by Gasteiger charge is 2.31. The van der Waals surface area contributed by atoms with Gasteiger partial charge in [0.15, 0.2) is 0 Å². The summed E-state index contributed by atoms with van der Waals surface area (Å²) in [6.07, 6.45) is -4.53. The number of aromatic hydroxyl groups is 1. The predicted octanol–water partition coefficient (Wildman–Crippen LogP) is 1.77. The van der Waals surface area contributed by atoms with E-state index in [9.17, 15) is 23.1 Å². The van der Waals surface area contributed by atoms with Crippen molar-refractivity contribution in [2.75, 3.05) is 7.05 Å². The van der Waals surface area contributed by atoms with Gasteiger partial charge in [-0.25, -0.2) is 0 Å². The van der Waals surface area contributed by atoms with E-state index in [0.717, 1.165) is 6.07 Å². The second-order valence-electron chi connectivity index (χ2n) is 2.81. The van der Waals surface area contributed by atoms with Crippen molar-refractivity contribution < 1.29 is 23.1 Å². The molecule has 0 aliphatic carbocycles. The van der Waals surface area contributed by atoms with E-state index in [-0.39, 0.29) is 0 Å². The SMILES string of the molecule is CNC(=O)c1cc(C(F)(F)F)ccc1O. The molecule has 0 bridgehead atoms. The minimum absolute atomic E-state index is 0.396. The number of nitrogens with one attached hydrogen (secondary N) is 1. The molecule has 3 nitrogen and oxygen atoms in total. The highest BCUT2D eigenvalue weighted by Crippen LogP contribution is 2.32. The van der Waals surface area contributed by atoms with Crippen LogP contribution in [-0.2, 0) is 6.18 Å². The molecule has 0 fully saturated rings. The Morgan fingerprint density at radius 2 is 2.00 bits per heavy atom. The molecule has 0 saturated heterocycles. The third-order valence-corrected chi connectivity index (χ3v) is 1.80. The van der Waals surface area contributed by atoms with E-state index in [1.807, 2.05) is 0 Å². The largest absolute Gasteiger partial charge is 0.507 e. The fourth-order valence-corrected chi connectivity index (χ4v) is 1.03. The Morgan fingerprint density at radius 3 is 2.47 bits per heavy atom. The van der Waals surface area contributed by atoms with Crippen LogP contribution >= 0.6 is 0 Å². The van der Waals surface area contributed by atoms with Gasteiger partial charge in [-0.05, 0) is 18.2 Å². The summed E-state index contributed by atoms with van der Waals surface area (Å²) in [7, 11) is 1.27. The Kier molecular flexibility index (Phi) is 2.88. The molecule has 0 saturated carbocycles. The second-order valence-corrected chi connectivity index (χ2v) is 2.81. The molecule has 0 radical (unpaired) electrons. The van der Waals surface area contributed by atoms with E-state index >= 15 is 0 Å². The summed E-state index contributed by atoms with van der Waals surface area (Å²) in [5.41, 5.74) is -1.37. The second kappa shape index (κ2) is 3.80. The van der Waals surface area contributed by atoms with Crippen LogP contribution in [0.15, 0.2) is 18.2 Å². The first kappa shape index (κ1) is 11.4. The van der Waals surface area contributed by atoms with E-state index in [1.165, 1.54) is 7.05 Å². The maximum absolute atomic E-state index is 12.3. The number of halogens is 3. The van der Waals surface area contributed by atoms with E-state index in [1.54, 1.807) is 0 Å². The highest BCUT2D eigenvalue weighted by atomic mass is 19.4. The minimum atomic E-state index is -4.53. The van der Waals surface area contributed by atoms with Crippen molar-refractivity contribution >= 4 is 5.91 Å². The van der Waals surface area contributed by atoms with Gasteiger partial charge in [-0.3, -0.25) is 4.79 Å². The minimum Gasteiger partial charge on any atom is -0.507 e.